The Labute approximate surface area is 163 Å². The van der Waals surface area contributed by atoms with E-state index in [1.165, 1.54) is 0 Å². The third-order valence-corrected chi connectivity index (χ3v) is 6.17. The van der Waals surface area contributed by atoms with Gasteiger partial charge in [-0.25, -0.2) is 0 Å². The Morgan fingerprint density at radius 2 is 0.864 bits per heavy atom. The molecular weight excluding hydrogens is 544 g/mol. The number of halogens is 4. The molecule has 118 valence electrons. The van der Waals surface area contributed by atoms with Gasteiger partial charge >= 0.3 is 0 Å². The maximum Gasteiger partial charge on any atom is 0.0472 e. The van der Waals surface area contributed by atoms with E-state index in [1.54, 1.807) is 0 Å². The van der Waals surface area contributed by atoms with Crippen LogP contribution in [-0.4, -0.2) is 23.4 Å². The Balaban J connectivity index is 2.49. The second-order valence-electron chi connectivity index (χ2n) is 4.78. The molecule has 0 aromatic heterocycles. The Hall–Kier alpha value is 0.280. The number of hydrogen-bond acceptors (Lipinski definition) is 2. The zero-order valence-electron chi connectivity index (χ0n) is 11.5. The molecular formula is C16H14Br4O2. The fourth-order valence-corrected chi connectivity index (χ4v) is 5.41. The molecule has 2 aromatic carbocycles. The SMILES string of the molecule is OCCc1c(Br)cc(-c2cc(Br)c(CCO)c(Br)c2)cc1Br. The summed E-state index contributed by atoms with van der Waals surface area (Å²) >= 11 is 14.3. The van der Waals surface area contributed by atoms with Crippen LogP contribution >= 0.6 is 63.7 Å². The van der Waals surface area contributed by atoms with E-state index in [4.69, 9.17) is 10.2 Å². The standard InChI is InChI=1S/C16H14Br4O2/c17-13-5-9(6-14(18)11(13)1-3-21)10-7-15(19)12(2-4-22)16(20)8-10/h5-8,21-22H,1-4H2. The van der Waals surface area contributed by atoms with E-state index in [1.807, 2.05) is 0 Å². The number of benzene rings is 2. The van der Waals surface area contributed by atoms with Crippen molar-refractivity contribution in [3.05, 3.63) is 53.3 Å². The summed E-state index contributed by atoms with van der Waals surface area (Å²) in [5.41, 5.74) is 4.25. The highest BCUT2D eigenvalue weighted by Crippen LogP contribution is 2.36. The highest BCUT2D eigenvalue weighted by molar-refractivity contribution is 9.11. The molecule has 22 heavy (non-hydrogen) atoms. The van der Waals surface area contributed by atoms with Gasteiger partial charge in [0.05, 0.1) is 0 Å². The average molecular weight is 558 g/mol. The molecule has 6 heteroatoms. The molecule has 2 aromatic rings. The molecule has 0 unspecified atom stereocenters. The van der Waals surface area contributed by atoms with Gasteiger partial charge < -0.3 is 10.2 Å². The minimum Gasteiger partial charge on any atom is -0.396 e. The van der Waals surface area contributed by atoms with Crippen LogP contribution in [0.5, 0.6) is 0 Å². The zero-order valence-corrected chi connectivity index (χ0v) is 17.9. The van der Waals surface area contributed by atoms with Crippen LogP contribution in [0.15, 0.2) is 42.2 Å². The normalized spacial score (nSPS) is 11.0. The minimum atomic E-state index is 0.115. The summed E-state index contributed by atoms with van der Waals surface area (Å²) in [5, 5.41) is 18.3. The zero-order chi connectivity index (χ0) is 16.3. The molecule has 2 rings (SSSR count). The first-order valence-corrected chi connectivity index (χ1v) is 9.83. The average Bonchev–Trinajstić information content (AvgIpc) is 2.46. The first-order valence-electron chi connectivity index (χ1n) is 6.65. The van der Waals surface area contributed by atoms with E-state index >= 15 is 0 Å². The molecule has 0 saturated carbocycles. The summed E-state index contributed by atoms with van der Waals surface area (Å²) in [7, 11) is 0. The molecule has 2 nitrogen and oxygen atoms in total. The van der Waals surface area contributed by atoms with Crippen LogP contribution < -0.4 is 0 Å². The fraction of sp³-hybridized carbons (Fsp3) is 0.250. The first-order chi connectivity index (χ1) is 10.5. The quantitative estimate of drug-likeness (QED) is 0.512. The number of rotatable bonds is 5. The molecule has 0 aliphatic heterocycles. The van der Waals surface area contributed by atoms with Crippen molar-refractivity contribution in [2.45, 2.75) is 12.8 Å². The second kappa shape index (κ2) is 8.40. The Kier molecular flexibility index (Phi) is 7.11. The molecule has 0 bridgehead atoms. The molecule has 0 heterocycles. The highest BCUT2D eigenvalue weighted by Gasteiger charge is 2.12. The van der Waals surface area contributed by atoms with Gasteiger partial charge in [-0.05, 0) is 59.4 Å². The summed E-state index contributed by atoms with van der Waals surface area (Å²) in [5.74, 6) is 0. The van der Waals surface area contributed by atoms with Gasteiger partial charge in [0.15, 0.2) is 0 Å². The lowest BCUT2D eigenvalue weighted by atomic mass is 10.0. The van der Waals surface area contributed by atoms with E-state index in [0.717, 1.165) is 40.1 Å². The van der Waals surface area contributed by atoms with E-state index in [-0.39, 0.29) is 13.2 Å². The smallest absolute Gasteiger partial charge is 0.0472 e. The van der Waals surface area contributed by atoms with Crippen molar-refractivity contribution >= 4 is 63.7 Å². The van der Waals surface area contributed by atoms with Crippen molar-refractivity contribution in [1.29, 1.82) is 0 Å². The van der Waals surface area contributed by atoms with Crippen LogP contribution in [0.1, 0.15) is 11.1 Å². The number of hydrogen-bond donors (Lipinski definition) is 2. The van der Waals surface area contributed by atoms with Gasteiger partial charge in [0.1, 0.15) is 0 Å². The van der Waals surface area contributed by atoms with Gasteiger partial charge in [-0.2, -0.15) is 0 Å². The predicted octanol–water partition coefficient (Wildman–Crippen LogP) is 5.47. The van der Waals surface area contributed by atoms with Gasteiger partial charge in [0.2, 0.25) is 0 Å². The molecule has 0 fully saturated rings. The van der Waals surface area contributed by atoms with Gasteiger partial charge in [-0.3, -0.25) is 0 Å². The Morgan fingerprint density at radius 3 is 1.09 bits per heavy atom. The lowest BCUT2D eigenvalue weighted by Crippen LogP contribution is -1.96. The summed E-state index contributed by atoms with van der Waals surface area (Å²) in [6.07, 6.45) is 1.20. The largest absolute Gasteiger partial charge is 0.396 e. The topological polar surface area (TPSA) is 40.5 Å². The van der Waals surface area contributed by atoms with Crippen molar-refractivity contribution in [3.63, 3.8) is 0 Å². The van der Waals surface area contributed by atoms with Crippen LogP contribution in [0.3, 0.4) is 0 Å². The van der Waals surface area contributed by atoms with Gasteiger partial charge in [-0.15, -0.1) is 0 Å². The number of aliphatic hydroxyl groups excluding tert-OH is 2. The van der Waals surface area contributed by atoms with Crippen LogP contribution in [-0.2, 0) is 12.8 Å². The predicted molar refractivity (Wildman–Crippen MR) is 104 cm³/mol. The maximum atomic E-state index is 9.13. The molecule has 0 aliphatic rings. The highest BCUT2D eigenvalue weighted by atomic mass is 79.9. The molecule has 0 saturated heterocycles. The third-order valence-electron chi connectivity index (χ3n) is 3.34. The molecule has 0 radical (unpaired) electrons. The van der Waals surface area contributed by atoms with E-state index < -0.39 is 0 Å². The molecule has 0 atom stereocenters. The van der Waals surface area contributed by atoms with Crippen molar-refractivity contribution < 1.29 is 10.2 Å². The second-order valence-corrected chi connectivity index (χ2v) is 8.20. The van der Waals surface area contributed by atoms with Crippen molar-refractivity contribution in [3.8, 4) is 11.1 Å². The first kappa shape index (κ1) is 18.6. The van der Waals surface area contributed by atoms with E-state index in [2.05, 4.69) is 88.0 Å². The van der Waals surface area contributed by atoms with Crippen LogP contribution in [0.25, 0.3) is 11.1 Å². The van der Waals surface area contributed by atoms with Gasteiger partial charge in [0.25, 0.3) is 0 Å². The Bertz CT molecular complexity index is 580. The maximum absolute atomic E-state index is 9.13. The van der Waals surface area contributed by atoms with E-state index in [9.17, 15) is 0 Å². The molecule has 2 N–H and O–H groups in total. The number of aliphatic hydroxyl groups is 2. The van der Waals surface area contributed by atoms with Crippen LogP contribution in [0.2, 0.25) is 0 Å². The molecule has 0 spiro atoms. The van der Waals surface area contributed by atoms with Crippen molar-refractivity contribution in [1.82, 2.24) is 0 Å². The molecule has 0 aliphatic carbocycles. The summed E-state index contributed by atoms with van der Waals surface area (Å²) < 4.78 is 3.88. The lowest BCUT2D eigenvalue weighted by molar-refractivity contribution is 0.299. The summed E-state index contributed by atoms with van der Waals surface area (Å²) in [4.78, 5) is 0. The summed E-state index contributed by atoms with van der Waals surface area (Å²) in [6.45, 7) is 0.229. The van der Waals surface area contributed by atoms with Gasteiger partial charge in [0, 0.05) is 31.1 Å². The molecule has 0 amide bonds. The Morgan fingerprint density at radius 1 is 0.591 bits per heavy atom. The van der Waals surface area contributed by atoms with E-state index in [0.29, 0.717) is 12.8 Å². The lowest BCUT2D eigenvalue weighted by Gasteiger charge is -2.13. The fourth-order valence-electron chi connectivity index (χ4n) is 2.24. The van der Waals surface area contributed by atoms with Crippen molar-refractivity contribution in [2.24, 2.45) is 0 Å². The van der Waals surface area contributed by atoms with Gasteiger partial charge in [-0.1, -0.05) is 63.7 Å². The van der Waals surface area contributed by atoms with Crippen LogP contribution in [0, 0.1) is 0 Å². The summed E-state index contributed by atoms with van der Waals surface area (Å²) in [6, 6.07) is 8.21. The monoisotopic (exact) mass is 554 g/mol. The van der Waals surface area contributed by atoms with Crippen LogP contribution in [0.4, 0.5) is 0 Å². The third kappa shape index (κ3) is 4.22. The van der Waals surface area contributed by atoms with Crippen molar-refractivity contribution in [2.75, 3.05) is 13.2 Å². The minimum absolute atomic E-state index is 0.115.